The van der Waals surface area contributed by atoms with Gasteiger partial charge in [-0.05, 0) is 19.0 Å². The van der Waals surface area contributed by atoms with Gasteiger partial charge in [0.1, 0.15) is 0 Å². The van der Waals surface area contributed by atoms with Gasteiger partial charge in [-0.3, -0.25) is 14.7 Å². The first-order valence-electron chi connectivity index (χ1n) is 7.95. The van der Waals surface area contributed by atoms with Gasteiger partial charge < -0.3 is 15.5 Å². The van der Waals surface area contributed by atoms with Crippen LogP contribution >= 0.6 is 12.4 Å². The van der Waals surface area contributed by atoms with Crippen LogP contribution in [0.1, 0.15) is 23.3 Å². The Morgan fingerprint density at radius 3 is 2.92 bits per heavy atom. The van der Waals surface area contributed by atoms with Gasteiger partial charge in [0.2, 0.25) is 5.91 Å². The second-order valence-electron chi connectivity index (χ2n) is 5.61. The summed E-state index contributed by atoms with van der Waals surface area (Å²) in [5.74, 6) is -0.173. The van der Waals surface area contributed by atoms with E-state index in [9.17, 15) is 9.59 Å². The Hall–Kier alpha value is -2.12. The number of hydrogen-bond donors (Lipinski definition) is 3. The summed E-state index contributed by atoms with van der Waals surface area (Å²) in [5.41, 5.74) is 1.19. The smallest absolute Gasteiger partial charge is 0.272 e. The molecule has 130 valence electrons. The minimum absolute atomic E-state index is 0. The third-order valence-corrected chi connectivity index (χ3v) is 4.00. The zero-order chi connectivity index (χ0) is 16.1. The van der Waals surface area contributed by atoms with Gasteiger partial charge >= 0.3 is 0 Å². The molecule has 2 amide bonds. The molecule has 2 heterocycles. The molecule has 8 heteroatoms. The van der Waals surface area contributed by atoms with Crippen molar-refractivity contribution in [3.63, 3.8) is 0 Å². The fraction of sp³-hybridized carbons (Fsp3) is 0.438. The van der Waals surface area contributed by atoms with Gasteiger partial charge in [0.05, 0.1) is 5.52 Å². The lowest BCUT2D eigenvalue weighted by molar-refractivity contribution is -0.130. The van der Waals surface area contributed by atoms with Crippen molar-refractivity contribution < 1.29 is 9.59 Å². The number of aromatic nitrogens is 2. The topological polar surface area (TPSA) is 90.1 Å². The highest BCUT2D eigenvalue weighted by Crippen LogP contribution is 2.14. The zero-order valence-electron chi connectivity index (χ0n) is 13.4. The summed E-state index contributed by atoms with van der Waals surface area (Å²) in [5, 5.41) is 13.7. The van der Waals surface area contributed by atoms with E-state index < -0.39 is 0 Å². The maximum Gasteiger partial charge on any atom is 0.272 e. The highest BCUT2D eigenvalue weighted by molar-refractivity contribution is 6.04. The van der Waals surface area contributed by atoms with E-state index in [1.165, 1.54) is 0 Å². The lowest BCUT2D eigenvalue weighted by atomic mass is 10.2. The van der Waals surface area contributed by atoms with Crippen molar-refractivity contribution in [2.45, 2.75) is 12.8 Å². The summed E-state index contributed by atoms with van der Waals surface area (Å²) >= 11 is 0. The van der Waals surface area contributed by atoms with E-state index in [0.717, 1.165) is 43.5 Å². The fourth-order valence-electron chi connectivity index (χ4n) is 2.76. The summed E-state index contributed by atoms with van der Waals surface area (Å²) in [6, 6.07) is 7.47. The molecule has 1 aliphatic heterocycles. The molecule has 0 radical (unpaired) electrons. The predicted octanol–water partition coefficient (Wildman–Crippen LogP) is 0.926. The van der Waals surface area contributed by atoms with Crippen molar-refractivity contribution in [3.05, 3.63) is 30.0 Å². The Morgan fingerprint density at radius 1 is 1.21 bits per heavy atom. The van der Waals surface area contributed by atoms with Crippen molar-refractivity contribution in [3.8, 4) is 0 Å². The Kier molecular flexibility index (Phi) is 6.57. The molecule has 1 saturated heterocycles. The lowest BCUT2D eigenvalue weighted by Crippen LogP contribution is -2.36. The SMILES string of the molecule is Cl.O=C(NCCC(=O)N1CCCNCC1)c1n[nH]c2ccccc12. The molecule has 2 aromatic rings. The number of hydrogen-bond acceptors (Lipinski definition) is 4. The number of halogens is 1. The molecule has 0 unspecified atom stereocenters. The van der Waals surface area contributed by atoms with Crippen molar-refractivity contribution in [1.29, 1.82) is 0 Å². The third-order valence-electron chi connectivity index (χ3n) is 4.00. The monoisotopic (exact) mass is 351 g/mol. The standard InChI is InChI=1S/C16H21N5O2.ClH/c22-14(21-10-3-7-17-9-11-21)6-8-18-16(23)15-12-4-1-2-5-13(12)19-20-15;/h1-2,4-5,17H,3,6-11H2,(H,18,23)(H,19,20);1H. The van der Waals surface area contributed by atoms with Gasteiger partial charge in [0, 0.05) is 38.0 Å². The van der Waals surface area contributed by atoms with Crippen molar-refractivity contribution in [2.75, 3.05) is 32.7 Å². The molecular formula is C16H22ClN5O2. The first-order valence-corrected chi connectivity index (χ1v) is 7.95. The minimum atomic E-state index is -0.257. The van der Waals surface area contributed by atoms with Crippen molar-refractivity contribution in [2.24, 2.45) is 0 Å². The molecule has 1 fully saturated rings. The van der Waals surface area contributed by atoms with E-state index in [1.807, 2.05) is 29.2 Å². The molecular weight excluding hydrogens is 330 g/mol. The largest absolute Gasteiger partial charge is 0.350 e. The number of nitrogens with one attached hydrogen (secondary N) is 3. The summed E-state index contributed by atoms with van der Waals surface area (Å²) < 4.78 is 0. The number of fused-ring (bicyclic) bond motifs is 1. The fourth-order valence-corrected chi connectivity index (χ4v) is 2.76. The Balaban J connectivity index is 0.00000208. The number of carbonyl (C=O) groups is 2. The highest BCUT2D eigenvalue weighted by atomic mass is 35.5. The molecule has 0 atom stereocenters. The van der Waals surface area contributed by atoms with E-state index in [1.54, 1.807) is 0 Å². The molecule has 0 bridgehead atoms. The molecule has 3 rings (SSSR count). The Labute approximate surface area is 146 Å². The van der Waals surface area contributed by atoms with Crippen LogP contribution in [0.25, 0.3) is 10.9 Å². The number of para-hydroxylation sites is 1. The maximum atomic E-state index is 12.2. The normalized spacial score (nSPS) is 14.8. The van der Waals surface area contributed by atoms with Gasteiger partial charge in [-0.1, -0.05) is 18.2 Å². The van der Waals surface area contributed by atoms with Crippen LogP contribution < -0.4 is 10.6 Å². The van der Waals surface area contributed by atoms with Crippen molar-refractivity contribution in [1.82, 2.24) is 25.7 Å². The van der Waals surface area contributed by atoms with Crippen LogP contribution in [0, 0.1) is 0 Å². The van der Waals surface area contributed by atoms with E-state index in [4.69, 9.17) is 0 Å². The van der Waals surface area contributed by atoms with Crippen molar-refractivity contribution >= 4 is 35.1 Å². The van der Waals surface area contributed by atoms with Crippen LogP contribution in [0.15, 0.2) is 24.3 Å². The molecule has 0 aliphatic carbocycles. The third kappa shape index (κ3) is 4.24. The average molecular weight is 352 g/mol. The Morgan fingerprint density at radius 2 is 2.04 bits per heavy atom. The second-order valence-corrected chi connectivity index (χ2v) is 5.61. The molecule has 1 aromatic heterocycles. The molecule has 7 nitrogen and oxygen atoms in total. The molecule has 1 aromatic carbocycles. The molecule has 3 N–H and O–H groups in total. The maximum absolute atomic E-state index is 12.2. The summed E-state index contributed by atoms with van der Waals surface area (Å²) in [4.78, 5) is 26.2. The van der Waals surface area contributed by atoms with Gasteiger partial charge in [-0.15, -0.1) is 12.4 Å². The quantitative estimate of drug-likeness (QED) is 0.764. The zero-order valence-corrected chi connectivity index (χ0v) is 14.2. The number of rotatable bonds is 4. The number of benzene rings is 1. The van der Waals surface area contributed by atoms with Crippen LogP contribution in [0.4, 0.5) is 0 Å². The number of aromatic amines is 1. The highest BCUT2D eigenvalue weighted by Gasteiger charge is 2.17. The van der Waals surface area contributed by atoms with E-state index in [0.29, 0.717) is 18.7 Å². The van der Waals surface area contributed by atoms with E-state index >= 15 is 0 Å². The van der Waals surface area contributed by atoms with Crippen LogP contribution in [0.3, 0.4) is 0 Å². The van der Waals surface area contributed by atoms with Crippen LogP contribution in [0.5, 0.6) is 0 Å². The summed E-state index contributed by atoms with van der Waals surface area (Å²) in [6.45, 7) is 3.62. The molecule has 1 aliphatic rings. The summed E-state index contributed by atoms with van der Waals surface area (Å²) in [7, 11) is 0. The van der Waals surface area contributed by atoms with E-state index in [2.05, 4.69) is 20.8 Å². The Bertz CT molecular complexity index is 695. The first kappa shape index (κ1) is 18.2. The molecule has 24 heavy (non-hydrogen) atoms. The van der Waals surface area contributed by atoms with Crippen LogP contribution in [-0.4, -0.2) is 59.6 Å². The first-order chi connectivity index (χ1) is 11.3. The number of nitrogens with zero attached hydrogens (tertiary/aromatic N) is 2. The summed E-state index contributed by atoms with van der Waals surface area (Å²) in [6.07, 6.45) is 1.28. The van der Waals surface area contributed by atoms with Gasteiger partial charge in [-0.25, -0.2) is 0 Å². The van der Waals surface area contributed by atoms with Gasteiger partial charge in [-0.2, -0.15) is 5.10 Å². The van der Waals surface area contributed by atoms with Gasteiger partial charge in [0.25, 0.3) is 5.91 Å². The minimum Gasteiger partial charge on any atom is -0.350 e. The van der Waals surface area contributed by atoms with Crippen LogP contribution in [0.2, 0.25) is 0 Å². The van der Waals surface area contributed by atoms with Gasteiger partial charge in [0.15, 0.2) is 5.69 Å². The average Bonchev–Trinajstić information content (AvgIpc) is 2.80. The van der Waals surface area contributed by atoms with E-state index in [-0.39, 0.29) is 24.2 Å². The molecule has 0 spiro atoms. The predicted molar refractivity (Wildman–Crippen MR) is 94.4 cm³/mol. The number of amides is 2. The number of H-pyrrole nitrogens is 1. The van der Waals surface area contributed by atoms with Crippen LogP contribution in [-0.2, 0) is 4.79 Å². The number of carbonyl (C=O) groups excluding carboxylic acids is 2. The second kappa shape index (κ2) is 8.65. The lowest BCUT2D eigenvalue weighted by Gasteiger charge is -2.19. The molecule has 0 saturated carbocycles.